The van der Waals surface area contributed by atoms with E-state index in [-0.39, 0.29) is 35.0 Å². The van der Waals surface area contributed by atoms with E-state index in [2.05, 4.69) is 27.2 Å². The minimum absolute atomic E-state index is 0.0144. The molecule has 0 radical (unpaired) electrons. The lowest BCUT2D eigenvalue weighted by atomic mass is 9.90. The monoisotopic (exact) mass is 497 g/mol. The van der Waals surface area contributed by atoms with Crippen molar-refractivity contribution >= 4 is 17.3 Å². The van der Waals surface area contributed by atoms with Crippen molar-refractivity contribution < 1.29 is 17.9 Å². The SMILES string of the molecule is CC(C)N1CCOc2c(F)cc(-c3nc(Nc4ccc(C5CCN(C)CC5)c(F)n4)ccc3F)cc21. The number of fused-ring (bicyclic) bond motifs is 1. The zero-order chi connectivity index (χ0) is 25.4. The summed E-state index contributed by atoms with van der Waals surface area (Å²) in [6.07, 6.45) is 1.78. The standard InChI is InChI=1S/C27H30F3N5O/c1-16(2)35-12-13-36-26-21(29)14-18(15-22(26)35)25-20(28)5-7-23(32-25)31-24-6-4-19(27(30)33-24)17-8-10-34(3)11-9-17/h4-7,14-17H,8-13H2,1-3H3,(H,31,32,33). The number of rotatable bonds is 5. The van der Waals surface area contributed by atoms with Gasteiger partial charge in [0.05, 0.1) is 12.2 Å². The highest BCUT2D eigenvalue weighted by molar-refractivity contribution is 5.73. The van der Waals surface area contributed by atoms with Crippen molar-refractivity contribution in [3.63, 3.8) is 0 Å². The number of nitrogens with one attached hydrogen (secondary N) is 1. The van der Waals surface area contributed by atoms with Crippen LogP contribution in [-0.2, 0) is 0 Å². The summed E-state index contributed by atoms with van der Waals surface area (Å²) in [5.74, 6) is -0.817. The van der Waals surface area contributed by atoms with E-state index in [1.807, 2.05) is 18.7 Å². The average molecular weight is 498 g/mol. The molecule has 190 valence electrons. The molecule has 9 heteroatoms. The van der Waals surface area contributed by atoms with Crippen molar-refractivity contribution in [2.24, 2.45) is 0 Å². The van der Waals surface area contributed by atoms with Gasteiger partial charge in [0.1, 0.15) is 29.8 Å². The van der Waals surface area contributed by atoms with Crippen LogP contribution in [0.3, 0.4) is 0 Å². The lowest BCUT2D eigenvalue weighted by Gasteiger charge is -2.34. The first-order chi connectivity index (χ1) is 17.3. The van der Waals surface area contributed by atoms with Crippen molar-refractivity contribution in [3.05, 3.63) is 59.5 Å². The first-order valence-electron chi connectivity index (χ1n) is 12.3. The van der Waals surface area contributed by atoms with Crippen LogP contribution in [0.4, 0.5) is 30.5 Å². The Morgan fingerprint density at radius 2 is 1.67 bits per heavy atom. The maximum Gasteiger partial charge on any atom is 0.218 e. The highest BCUT2D eigenvalue weighted by atomic mass is 19.1. The van der Waals surface area contributed by atoms with Crippen LogP contribution in [0.25, 0.3) is 11.3 Å². The van der Waals surface area contributed by atoms with Gasteiger partial charge in [-0.2, -0.15) is 4.39 Å². The van der Waals surface area contributed by atoms with Gasteiger partial charge in [0.25, 0.3) is 0 Å². The molecule has 1 fully saturated rings. The molecular weight excluding hydrogens is 467 g/mol. The third-order valence-electron chi connectivity index (χ3n) is 6.95. The predicted octanol–water partition coefficient (Wildman–Crippen LogP) is 5.72. The van der Waals surface area contributed by atoms with Crippen LogP contribution in [0.15, 0.2) is 36.4 Å². The molecule has 1 N–H and O–H groups in total. The third kappa shape index (κ3) is 4.84. The largest absolute Gasteiger partial charge is 0.486 e. The number of ether oxygens (including phenoxy) is 1. The molecule has 0 unspecified atom stereocenters. The van der Waals surface area contributed by atoms with E-state index in [4.69, 9.17) is 4.74 Å². The van der Waals surface area contributed by atoms with Crippen LogP contribution < -0.4 is 15.0 Å². The number of pyridine rings is 2. The van der Waals surface area contributed by atoms with E-state index in [1.165, 1.54) is 18.2 Å². The zero-order valence-corrected chi connectivity index (χ0v) is 20.7. The number of piperidine rings is 1. The smallest absolute Gasteiger partial charge is 0.218 e. The van der Waals surface area contributed by atoms with Crippen molar-refractivity contribution in [2.45, 2.75) is 38.6 Å². The number of hydrogen-bond donors (Lipinski definition) is 1. The summed E-state index contributed by atoms with van der Waals surface area (Å²) in [6, 6.07) is 9.20. The van der Waals surface area contributed by atoms with E-state index in [1.54, 1.807) is 18.2 Å². The highest BCUT2D eigenvalue weighted by Gasteiger charge is 2.26. The fourth-order valence-electron chi connectivity index (χ4n) is 4.96. The Hall–Kier alpha value is -3.33. The summed E-state index contributed by atoms with van der Waals surface area (Å²) < 4.78 is 50.1. The van der Waals surface area contributed by atoms with E-state index in [9.17, 15) is 13.2 Å². The Balaban J connectivity index is 1.41. The molecule has 36 heavy (non-hydrogen) atoms. The predicted molar refractivity (Wildman–Crippen MR) is 135 cm³/mol. The molecule has 0 bridgehead atoms. The van der Waals surface area contributed by atoms with Crippen molar-refractivity contribution in [1.29, 1.82) is 0 Å². The van der Waals surface area contributed by atoms with Gasteiger partial charge in [-0.1, -0.05) is 6.07 Å². The second-order valence-electron chi connectivity index (χ2n) is 9.75. The second kappa shape index (κ2) is 9.97. The molecular formula is C27H30F3N5O. The molecule has 5 rings (SSSR count). The normalized spacial score (nSPS) is 16.7. The Bertz CT molecular complexity index is 1260. The van der Waals surface area contributed by atoms with Gasteiger partial charge < -0.3 is 19.9 Å². The van der Waals surface area contributed by atoms with Gasteiger partial charge in [-0.15, -0.1) is 0 Å². The zero-order valence-electron chi connectivity index (χ0n) is 20.7. The Kier molecular flexibility index (Phi) is 6.75. The van der Waals surface area contributed by atoms with Gasteiger partial charge in [-0.25, -0.2) is 18.7 Å². The molecule has 0 amide bonds. The quantitative estimate of drug-likeness (QED) is 0.455. The lowest BCUT2D eigenvalue weighted by Crippen LogP contribution is -2.38. The minimum atomic E-state index is -0.593. The van der Waals surface area contributed by atoms with E-state index < -0.39 is 17.6 Å². The van der Waals surface area contributed by atoms with Gasteiger partial charge >= 0.3 is 0 Å². The van der Waals surface area contributed by atoms with Gasteiger partial charge in [-0.3, -0.25) is 0 Å². The van der Waals surface area contributed by atoms with Gasteiger partial charge in [0.15, 0.2) is 11.6 Å². The summed E-state index contributed by atoms with van der Waals surface area (Å²) in [6.45, 7) is 6.86. The molecule has 0 aliphatic carbocycles. The Morgan fingerprint density at radius 1 is 0.944 bits per heavy atom. The summed E-state index contributed by atoms with van der Waals surface area (Å²) in [7, 11) is 2.06. The molecule has 2 aromatic heterocycles. The number of likely N-dealkylation sites (tertiary alicyclic amines) is 1. The summed E-state index contributed by atoms with van der Waals surface area (Å²) in [5, 5.41) is 2.96. The van der Waals surface area contributed by atoms with Gasteiger partial charge in [0.2, 0.25) is 5.95 Å². The first-order valence-corrected chi connectivity index (χ1v) is 12.3. The van der Waals surface area contributed by atoms with Crippen LogP contribution in [0.5, 0.6) is 5.75 Å². The Labute approximate surface area is 209 Å². The average Bonchev–Trinajstić information content (AvgIpc) is 2.85. The lowest BCUT2D eigenvalue weighted by molar-refractivity contribution is 0.252. The molecule has 0 atom stereocenters. The van der Waals surface area contributed by atoms with Crippen molar-refractivity contribution in [3.8, 4) is 17.0 Å². The molecule has 1 saturated heterocycles. The molecule has 2 aliphatic heterocycles. The fraction of sp³-hybridized carbons (Fsp3) is 0.407. The minimum Gasteiger partial charge on any atom is -0.486 e. The van der Waals surface area contributed by atoms with Crippen molar-refractivity contribution in [1.82, 2.24) is 14.9 Å². The maximum absolute atomic E-state index is 14.9. The first kappa shape index (κ1) is 24.4. The van der Waals surface area contributed by atoms with E-state index in [0.29, 0.717) is 30.0 Å². The van der Waals surface area contributed by atoms with Gasteiger partial charge in [0, 0.05) is 17.2 Å². The topological polar surface area (TPSA) is 53.5 Å². The van der Waals surface area contributed by atoms with Crippen LogP contribution >= 0.6 is 0 Å². The summed E-state index contributed by atoms with van der Waals surface area (Å²) >= 11 is 0. The summed E-state index contributed by atoms with van der Waals surface area (Å²) in [4.78, 5) is 12.7. The maximum atomic E-state index is 14.9. The van der Waals surface area contributed by atoms with Gasteiger partial charge in [-0.05, 0) is 83.1 Å². The van der Waals surface area contributed by atoms with E-state index >= 15 is 0 Å². The van der Waals surface area contributed by atoms with Crippen LogP contribution in [0.2, 0.25) is 0 Å². The number of aromatic nitrogens is 2. The molecule has 0 saturated carbocycles. The van der Waals surface area contributed by atoms with Crippen LogP contribution in [0, 0.1) is 17.6 Å². The molecule has 3 aromatic rings. The number of benzene rings is 1. The molecule has 6 nitrogen and oxygen atoms in total. The second-order valence-corrected chi connectivity index (χ2v) is 9.75. The highest BCUT2D eigenvalue weighted by Crippen LogP contribution is 2.39. The molecule has 4 heterocycles. The molecule has 2 aliphatic rings. The Morgan fingerprint density at radius 3 is 2.39 bits per heavy atom. The molecule has 0 spiro atoms. The number of nitrogens with zero attached hydrogens (tertiary/aromatic N) is 4. The third-order valence-corrected chi connectivity index (χ3v) is 6.95. The molecule has 1 aromatic carbocycles. The fourth-order valence-corrected chi connectivity index (χ4v) is 4.96. The summed E-state index contributed by atoms with van der Waals surface area (Å²) in [5.41, 5.74) is 1.46. The van der Waals surface area contributed by atoms with Crippen LogP contribution in [-0.4, -0.2) is 54.2 Å². The van der Waals surface area contributed by atoms with E-state index in [0.717, 1.165) is 25.9 Å². The van der Waals surface area contributed by atoms with Crippen LogP contribution in [0.1, 0.15) is 38.2 Å². The van der Waals surface area contributed by atoms with Crippen molar-refractivity contribution in [2.75, 3.05) is 43.5 Å². The number of anilines is 3. The number of hydrogen-bond acceptors (Lipinski definition) is 6. The number of halogens is 3.